The summed E-state index contributed by atoms with van der Waals surface area (Å²) in [5.41, 5.74) is 1.18. The van der Waals surface area contributed by atoms with Gasteiger partial charge in [-0.3, -0.25) is 19.9 Å². The molecule has 0 bridgehead atoms. The van der Waals surface area contributed by atoms with Crippen LogP contribution >= 0.6 is 15.9 Å². The van der Waals surface area contributed by atoms with Gasteiger partial charge in [0.2, 0.25) is 5.96 Å². The van der Waals surface area contributed by atoms with E-state index in [2.05, 4.69) is 65.6 Å². The number of hydrazine groups is 2. The smallest absolute Gasteiger partial charge is 0.220 e. The van der Waals surface area contributed by atoms with Crippen LogP contribution in [0.1, 0.15) is 71.8 Å². The maximum atomic E-state index is 6.64. The molecule has 2 atom stereocenters. The number of nitrogens with two attached hydrogens (primary N) is 2. The number of aliphatic imine (C=N–C) groups is 2. The van der Waals surface area contributed by atoms with Crippen LogP contribution in [-0.4, -0.2) is 72.1 Å². The van der Waals surface area contributed by atoms with Crippen LogP contribution in [0.4, 0.5) is 0 Å². The molecule has 1 saturated heterocycles. The summed E-state index contributed by atoms with van der Waals surface area (Å²) in [4.78, 5) is 12.0. The lowest BCUT2D eigenvalue weighted by Crippen LogP contribution is -2.53. The summed E-state index contributed by atoms with van der Waals surface area (Å²) in [7, 11) is 1.66. The molecule has 9 nitrogen and oxygen atoms in total. The van der Waals surface area contributed by atoms with E-state index in [1.807, 2.05) is 13.0 Å². The Morgan fingerprint density at radius 2 is 2.08 bits per heavy atom. The number of rotatable bonds is 14. The second kappa shape index (κ2) is 16.7. The molecule has 1 heterocycles. The van der Waals surface area contributed by atoms with Gasteiger partial charge in [-0.25, -0.2) is 11.7 Å². The van der Waals surface area contributed by atoms with Crippen molar-refractivity contribution in [2.24, 2.45) is 21.7 Å². The molecule has 2 rings (SSSR count). The minimum Gasteiger partial charge on any atom is -0.496 e. The lowest BCUT2D eigenvalue weighted by Gasteiger charge is -2.31. The SMILES string of the molecule is C=C(/N=C(\NC(C)=NCCc1ccc(OC)c(Br)c1)N(N)C(CC)CCCC)N(N)CC1CCCN1CC. The summed E-state index contributed by atoms with van der Waals surface area (Å²) in [6.07, 6.45) is 7.24. The van der Waals surface area contributed by atoms with Crippen molar-refractivity contribution in [2.45, 2.75) is 84.7 Å². The van der Waals surface area contributed by atoms with Gasteiger partial charge < -0.3 is 10.1 Å². The van der Waals surface area contributed by atoms with Crippen molar-refractivity contribution >= 4 is 27.7 Å². The number of guanidine groups is 1. The Bertz CT molecular complexity index is 937. The van der Waals surface area contributed by atoms with E-state index in [4.69, 9.17) is 26.4 Å². The van der Waals surface area contributed by atoms with Gasteiger partial charge in [0.25, 0.3) is 0 Å². The van der Waals surface area contributed by atoms with E-state index in [1.165, 1.54) is 12.0 Å². The summed E-state index contributed by atoms with van der Waals surface area (Å²) >= 11 is 3.55. The molecule has 0 aromatic heterocycles. The summed E-state index contributed by atoms with van der Waals surface area (Å²) in [6, 6.07) is 6.64. The predicted molar refractivity (Wildman–Crippen MR) is 163 cm³/mol. The Morgan fingerprint density at radius 1 is 1.32 bits per heavy atom. The highest BCUT2D eigenvalue weighted by molar-refractivity contribution is 9.10. The average Bonchev–Trinajstić information content (AvgIpc) is 3.35. The molecule has 38 heavy (non-hydrogen) atoms. The molecular weight excluding hydrogens is 544 g/mol. The number of hydrogen-bond donors (Lipinski definition) is 3. The van der Waals surface area contributed by atoms with Gasteiger partial charge in [0.1, 0.15) is 11.6 Å². The van der Waals surface area contributed by atoms with E-state index in [0.717, 1.165) is 67.7 Å². The number of likely N-dealkylation sites (tertiary alicyclic amines) is 1. The van der Waals surface area contributed by atoms with E-state index in [9.17, 15) is 0 Å². The van der Waals surface area contributed by atoms with Crippen molar-refractivity contribution in [3.63, 3.8) is 0 Å². The number of nitrogens with one attached hydrogen (secondary N) is 1. The number of halogens is 1. The monoisotopic (exact) mass is 592 g/mol. The maximum Gasteiger partial charge on any atom is 0.220 e. The van der Waals surface area contributed by atoms with Crippen LogP contribution in [0.15, 0.2) is 45.1 Å². The zero-order chi connectivity index (χ0) is 28.1. The van der Waals surface area contributed by atoms with Gasteiger partial charge in [-0.15, -0.1) is 0 Å². The third-order valence-corrected chi connectivity index (χ3v) is 7.76. The Kier molecular flexibility index (Phi) is 14.1. The number of benzene rings is 1. The molecule has 10 heteroatoms. The first-order valence-electron chi connectivity index (χ1n) is 13.9. The van der Waals surface area contributed by atoms with Crippen LogP contribution in [0, 0.1) is 0 Å². The Labute approximate surface area is 238 Å². The van der Waals surface area contributed by atoms with Crippen LogP contribution in [0.3, 0.4) is 0 Å². The zero-order valence-corrected chi connectivity index (χ0v) is 25.6. The molecule has 2 unspecified atom stereocenters. The van der Waals surface area contributed by atoms with Crippen LogP contribution in [0.25, 0.3) is 0 Å². The van der Waals surface area contributed by atoms with Crippen LogP contribution in [0.5, 0.6) is 5.75 Å². The molecule has 5 N–H and O–H groups in total. The van der Waals surface area contributed by atoms with E-state index in [-0.39, 0.29) is 6.04 Å². The average molecular weight is 594 g/mol. The zero-order valence-electron chi connectivity index (χ0n) is 24.0. The number of ether oxygens (including phenoxy) is 1. The number of methoxy groups -OCH3 is 1. The van der Waals surface area contributed by atoms with Gasteiger partial charge >= 0.3 is 0 Å². The van der Waals surface area contributed by atoms with Crippen molar-refractivity contribution in [3.05, 3.63) is 40.6 Å². The minimum absolute atomic E-state index is 0.148. The molecule has 1 aromatic rings. The number of likely N-dealkylation sites (N-methyl/N-ethyl adjacent to an activating group) is 1. The number of nitrogens with zero attached hydrogens (tertiary/aromatic N) is 5. The normalized spacial score (nSPS) is 17.4. The van der Waals surface area contributed by atoms with Crippen molar-refractivity contribution in [2.75, 3.05) is 33.3 Å². The van der Waals surface area contributed by atoms with E-state index >= 15 is 0 Å². The van der Waals surface area contributed by atoms with Crippen molar-refractivity contribution < 1.29 is 4.74 Å². The third-order valence-electron chi connectivity index (χ3n) is 7.14. The van der Waals surface area contributed by atoms with Gasteiger partial charge in [0, 0.05) is 18.6 Å². The first-order chi connectivity index (χ1) is 18.2. The maximum absolute atomic E-state index is 6.64. The molecule has 0 aliphatic carbocycles. The fourth-order valence-electron chi connectivity index (χ4n) is 4.76. The van der Waals surface area contributed by atoms with Crippen LogP contribution in [-0.2, 0) is 6.42 Å². The van der Waals surface area contributed by atoms with Gasteiger partial charge in [-0.05, 0) is 85.7 Å². The Balaban J connectivity index is 2.13. The Morgan fingerprint density at radius 3 is 2.71 bits per heavy atom. The second-order valence-corrected chi connectivity index (χ2v) is 10.7. The highest BCUT2D eigenvalue weighted by Crippen LogP contribution is 2.25. The standard InChI is InChI=1S/C28H49BrN8O/c1-7-10-12-24(8-2)37(31)28(34-22(5)36(30)20-25-13-11-18-35(25)9-3)33-21(4)32-17-16-23-14-15-27(38-6)26(29)19-23/h14-15,19,24-25H,5,7-13,16-18,20,30-31H2,1-4,6H3,(H,32,33,34). The fourth-order valence-corrected chi connectivity index (χ4v) is 5.35. The van der Waals surface area contributed by atoms with E-state index in [0.29, 0.717) is 30.9 Å². The van der Waals surface area contributed by atoms with Gasteiger partial charge in [0.05, 0.1) is 24.0 Å². The molecule has 0 spiro atoms. The summed E-state index contributed by atoms with van der Waals surface area (Å²) < 4.78 is 6.26. The molecule has 0 radical (unpaired) electrons. The topological polar surface area (TPSA) is 108 Å². The largest absolute Gasteiger partial charge is 0.496 e. The summed E-state index contributed by atoms with van der Waals surface area (Å²) in [5, 5.41) is 6.71. The molecule has 0 amide bonds. The fraction of sp³-hybridized carbons (Fsp3) is 0.643. The lowest BCUT2D eigenvalue weighted by molar-refractivity contribution is 0.203. The quantitative estimate of drug-likeness (QED) is 0.125. The number of hydrogen-bond acceptors (Lipinski definition) is 7. The first-order valence-corrected chi connectivity index (χ1v) is 14.7. The molecule has 1 aliphatic rings. The summed E-state index contributed by atoms with van der Waals surface area (Å²) in [6.45, 7) is 16.1. The summed E-state index contributed by atoms with van der Waals surface area (Å²) in [5.74, 6) is 15.6. The van der Waals surface area contributed by atoms with E-state index < -0.39 is 0 Å². The van der Waals surface area contributed by atoms with E-state index in [1.54, 1.807) is 17.1 Å². The van der Waals surface area contributed by atoms with Crippen LogP contribution in [0.2, 0.25) is 0 Å². The molecule has 1 aliphatic heterocycles. The first kappa shape index (κ1) is 32.1. The Hall–Kier alpha value is -2.14. The van der Waals surface area contributed by atoms with Gasteiger partial charge in [0.15, 0.2) is 0 Å². The lowest BCUT2D eigenvalue weighted by atomic mass is 10.1. The molecular formula is C28H49BrN8O. The third kappa shape index (κ3) is 9.87. The van der Waals surface area contributed by atoms with Crippen LogP contribution < -0.4 is 21.7 Å². The van der Waals surface area contributed by atoms with Gasteiger partial charge in [-0.1, -0.05) is 46.3 Å². The molecule has 1 fully saturated rings. The van der Waals surface area contributed by atoms with Crippen molar-refractivity contribution in [1.82, 2.24) is 20.2 Å². The second-order valence-electron chi connectivity index (χ2n) is 9.85. The molecule has 1 aromatic carbocycles. The highest BCUT2D eigenvalue weighted by Gasteiger charge is 2.25. The molecule has 214 valence electrons. The molecule has 0 saturated carbocycles. The number of unbranched alkanes of at least 4 members (excludes halogenated alkanes) is 1. The predicted octanol–water partition coefficient (Wildman–Crippen LogP) is 4.64. The van der Waals surface area contributed by atoms with Crippen molar-refractivity contribution in [1.29, 1.82) is 0 Å². The minimum atomic E-state index is 0.148. The highest BCUT2D eigenvalue weighted by atomic mass is 79.9. The van der Waals surface area contributed by atoms with Crippen molar-refractivity contribution in [3.8, 4) is 5.75 Å². The van der Waals surface area contributed by atoms with Gasteiger partial charge in [-0.2, -0.15) is 4.99 Å². The number of amidine groups is 1.